The van der Waals surface area contributed by atoms with Crippen molar-refractivity contribution >= 4 is 5.82 Å². The van der Waals surface area contributed by atoms with E-state index < -0.39 is 6.10 Å². The number of hydrogen-bond donors (Lipinski definition) is 1. The van der Waals surface area contributed by atoms with E-state index in [1.165, 1.54) is 18.5 Å². The van der Waals surface area contributed by atoms with E-state index in [1.54, 1.807) is 12.1 Å². The largest absolute Gasteiger partial charge is 0.388 e. The first kappa shape index (κ1) is 16.8. The summed E-state index contributed by atoms with van der Waals surface area (Å²) in [5.74, 6) is -0.387. The number of aryl methyl sites for hydroxylation is 1. The number of rotatable bonds is 5. The van der Waals surface area contributed by atoms with Crippen molar-refractivity contribution in [3.05, 3.63) is 53.5 Å². The van der Waals surface area contributed by atoms with Gasteiger partial charge in [-0.1, -0.05) is 19.1 Å². The number of hydrogen-bond acceptors (Lipinski definition) is 4. The molecule has 2 heterocycles. The molecule has 24 heavy (non-hydrogen) atoms. The molecule has 2 aromatic rings. The number of halogens is 2. The Balaban J connectivity index is 1.77. The van der Waals surface area contributed by atoms with Gasteiger partial charge < -0.3 is 10.0 Å². The summed E-state index contributed by atoms with van der Waals surface area (Å²) in [4.78, 5) is 10.0. The summed E-state index contributed by atoms with van der Waals surface area (Å²) in [6.45, 7) is 2.56. The molecular weight excluding hydrogens is 312 g/mol. The van der Waals surface area contributed by atoms with Crippen LogP contribution in [0.15, 0.2) is 30.6 Å². The molecule has 0 bridgehead atoms. The van der Waals surface area contributed by atoms with Crippen LogP contribution in [0.2, 0.25) is 0 Å². The van der Waals surface area contributed by atoms with Crippen molar-refractivity contribution in [3.63, 3.8) is 0 Å². The van der Waals surface area contributed by atoms with Crippen molar-refractivity contribution < 1.29 is 13.9 Å². The Morgan fingerprint density at radius 3 is 2.71 bits per heavy atom. The summed E-state index contributed by atoms with van der Waals surface area (Å²) in [6, 6.07) is 5.84. The summed E-state index contributed by atoms with van der Waals surface area (Å²) in [7, 11) is 0. The van der Waals surface area contributed by atoms with Crippen LogP contribution in [0.4, 0.5) is 14.6 Å². The molecule has 0 saturated carbocycles. The minimum Gasteiger partial charge on any atom is -0.388 e. The molecule has 2 atom stereocenters. The van der Waals surface area contributed by atoms with Crippen LogP contribution in [0.1, 0.15) is 43.5 Å². The molecule has 0 amide bonds. The molecule has 3 rings (SSSR count). The Kier molecular flexibility index (Phi) is 5.04. The highest BCUT2D eigenvalue weighted by atomic mass is 19.1. The van der Waals surface area contributed by atoms with E-state index in [2.05, 4.69) is 9.97 Å². The molecule has 1 aliphatic heterocycles. The first-order chi connectivity index (χ1) is 11.6. The summed E-state index contributed by atoms with van der Waals surface area (Å²) in [6.07, 6.45) is 3.43. The van der Waals surface area contributed by atoms with E-state index in [9.17, 15) is 13.9 Å². The molecule has 1 saturated heterocycles. The third kappa shape index (κ3) is 3.38. The molecule has 1 aromatic carbocycles. The van der Waals surface area contributed by atoms with Gasteiger partial charge in [-0.15, -0.1) is 0 Å². The molecule has 0 aliphatic carbocycles. The maximum Gasteiger partial charge on any atom is 0.187 e. The van der Waals surface area contributed by atoms with E-state index in [-0.39, 0.29) is 17.7 Å². The lowest BCUT2D eigenvalue weighted by Crippen LogP contribution is -2.32. The van der Waals surface area contributed by atoms with Crippen LogP contribution in [0, 0.1) is 11.6 Å². The average Bonchev–Trinajstić information content (AvgIpc) is 3.03. The Morgan fingerprint density at radius 2 is 2.00 bits per heavy atom. The van der Waals surface area contributed by atoms with Crippen molar-refractivity contribution in [1.82, 2.24) is 9.97 Å². The second-order valence-corrected chi connectivity index (χ2v) is 6.10. The first-order valence-corrected chi connectivity index (χ1v) is 8.29. The van der Waals surface area contributed by atoms with Gasteiger partial charge in [0.15, 0.2) is 11.6 Å². The second-order valence-electron chi connectivity index (χ2n) is 6.10. The van der Waals surface area contributed by atoms with Crippen molar-refractivity contribution in [2.24, 2.45) is 0 Å². The molecule has 2 unspecified atom stereocenters. The molecule has 4 nitrogen and oxygen atoms in total. The van der Waals surface area contributed by atoms with Gasteiger partial charge in [-0.3, -0.25) is 0 Å². The summed E-state index contributed by atoms with van der Waals surface area (Å²) in [5, 5.41) is 10.4. The van der Waals surface area contributed by atoms with Gasteiger partial charge in [0.05, 0.1) is 11.8 Å². The summed E-state index contributed by atoms with van der Waals surface area (Å²) < 4.78 is 27.5. The molecule has 1 aliphatic rings. The van der Waals surface area contributed by atoms with E-state index in [0.717, 1.165) is 12.8 Å². The van der Waals surface area contributed by atoms with Crippen molar-refractivity contribution in [2.75, 3.05) is 11.4 Å². The van der Waals surface area contributed by atoms with Gasteiger partial charge in [-0.2, -0.15) is 0 Å². The Bertz CT molecular complexity index is 693. The average molecular weight is 333 g/mol. The minimum atomic E-state index is -0.716. The highest BCUT2D eigenvalue weighted by molar-refractivity contribution is 5.43. The summed E-state index contributed by atoms with van der Waals surface area (Å²) in [5.41, 5.74) is 1.07. The fourth-order valence-corrected chi connectivity index (χ4v) is 3.28. The fourth-order valence-electron chi connectivity index (χ4n) is 3.28. The number of aliphatic hydroxyl groups excluding tert-OH is 1. The first-order valence-electron chi connectivity index (χ1n) is 8.29. The molecule has 1 fully saturated rings. The lowest BCUT2D eigenvalue weighted by Gasteiger charge is -2.28. The van der Waals surface area contributed by atoms with E-state index in [0.29, 0.717) is 36.5 Å². The highest BCUT2D eigenvalue weighted by Crippen LogP contribution is 2.32. The molecule has 6 heteroatoms. The van der Waals surface area contributed by atoms with Gasteiger partial charge in [-0.25, -0.2) is 18.7 Å². The standard InChI is InChI=1S/C18H21F2N3O/c1-2-15-17(20)18(22-11-21-15)23-9-3-4-14(23)10-16(24)12-5-7-13(19)8-6-12/h5-8,11,14,16,24H,2-4,9-10H2,1H3. The zero-order valence-corrected chi connectivity index (χ0v) is 13.6. The minimum absolute atomic E-state index is 0.000779. The zero-order chi connectivity index (χ0) is 17.1. The number of benzene rings is 1. The van der Waals surface area contributed by atoms with E-state index in [1.807, 2.05) is 11.8 Å². The number of aromatic nitrogens is 2. The third-order valence-electron chi connectivity index (χ3n) is 4.58. The van der Waals surface area contributed by atoms with Crippen molar-refractivity contribution in [1.29, 1.82) is 0 Å². The van der Waals surface area contributed by atoms with Gasteiger partial charge in [0.2, 0.25) is 0 Å². The molecule has 0 spiro atoms. The molecular formula is C18H21F2N3O. The van der Waals surface area contributed by atoms with Crippen LogP contribution in [0.3, 0.4) is 0 Å². The zero-order valence-electron chi connectivity index (χ0n) is 13.6. The Hall–Kier alpha value is -2.08. The van der Waals surface area contributed by atoms with Gasteiger partial charge in [0.25, 0.3) is 0 Å². The predicted molar refractivity (Wildman–Crippen MR) is 87.7 cm³/mol. The molecule has 1 N–H and O–H groups in total. The monoisotopic (exact) mass is 333 g/mol. The lowest BCUT2D eigenvalue weighted by molar-refractivity contribution is 0.158. The second kappa shape index (κ2) is 7.21. The number of aliphatic hydroxyl groups is 1. The van der Waals surface area contributed by atoms with Gasteiger partial charge >= 0.3 is 0 Å². The quantitative estimate of drug-likeness (QED) is 0.911. The maximum atomic E-state index is 14.5. The fraction of sp³-hybridized carbons (Fsp3) is 0.444. The van der Waals surface area contributed by atoms with Crippen LogP contribution >= 0.6 is 0 Å². The lowest BCUT2D eigenvalue weighted by atomic mass is 10.0. The normalized spacial score (nSPS) is 18.8. The predicted octanol–water partition coefficient (Wildman–Crippen LogP) is 3.41. The number of nitrogens with zero attached hydrogens (tertiary/aromatic N) is 3. The van der Waals surface area contributed by atoms with E-state index in [4.69, 9.17) is 0 Å². The number of anilines is 1. The Morgan fingerprint density at radius 1 is 1.25 bits per heavy atom. The highest BCUT2D eigenvalue weighted by Gasteiger charge is 2.30. The van der Waals surface area contributed by atoms with Gasteiger partial charge in [0.1, 0.15) is 12.1 Å². The molecule has 0 radical (unpaired) electrons. The van der Waals surface area contributed by atoms with Crippen molar-refractivity contribution in [2.45, 2.75) is 44.8 Å². The SMILES string of the molecule is CCc1ncnc(N2CCCC2CC(O)c2ccc(F)cc2)c1F. The smallest absolute Gasteiger partial charge is 0.187 e. The maximum absolute atomic E-state index is 14.5. The topological polar surface area (TPSA) is 49.2 Å². The van der Waals surface area contributed by atoms with Crippen LogP contribution in [0.25, 0.3) is 0 Å². The molecule has 128 valence electrons. The Labute approximate surface area is 140 Å². The van der Waals surface area contributed by atoms with Crippen LogP contribution < -0.4 is 4.90 Å². The van der Waals surface area contributed by atoms with Crippen LogP contribution in [-0.2, 0) is 6.42 Å². The van der Waals surface area contributed by atoms with Crippen molar-refractivity contribution in [3.8, 4) is 0 Å². The van der Waals surface area contributed by atoms with Crippen LogP contribution in [-0.4, -0.2) is 27.7 Å². The summed E-state index contributed by atoms with van der Waals surface area (Å²) >= 11 is 0. The van der Waals surface area contributed by atoms with Gasteiger partial charge in [0, 0.05) is 12.6 Å². The van der Waals surface area contributed by atoms with E-state index >= 15 is 0 Å². The molecule has 1 aromatic heterocycles. The van der Waals surface area contributed by atoms with Gasteiger partial charge in [-0.05, 0) is 43.4 Å². The van der Waals surface area contributed by atoms with Crippen LogP contribution in [0.5, 0.6) is 0 Å². The third-order valence-corrected chi connectivity index (χ3v) is 4.58.